The third-order valence-corrected chi connectivity index (χ3v) is 4.02. The highest BCUT2D eigenvalue weighted by molar-refractivity contribution is 5.87. The van der Waals surface area contributed by atoms with Crippen LogP contribution in [-0.4, -0.2) is 27.9 Å². The molecule has 1 atom stereocenters. The highest BCUT2D eigenvalue weighted by Crippen LogP contribution is 2.28. The summed E-state index contributed by atoms with van der Waals surface area (Å²) in [5.74, 6) is -0.629. The van der Waals surface area contributed by atoms with E-state index in [4.69, 9.17) is 9.15 Å². The van der Waals surface area contributed by atoms with Crippen molar-refractivity contribution < 1.29 is 24.2 Å². The van der Waals surface area contributed by atoms with Crippen LogP contribution < -0.4 is 5.63 Å². The average molecular weight is 346 g/mol. The molecular weight excluding hydrogens is 324 g/mol. The van der Waals surface area contributed by atoms with Gasteiger partial charge in [0.05, 0.1) is 5.60 Å². The van der Waals surface area contributed by atoms with Gasteiger partial charge in [-0.15, -0.1) is 0 Å². The van der Waals surface area contributed by atoms with E-state index in [9.17, 15) is 19.8 Å². The number of phenolic OH excluding ortho intramolecular Hbond substituents is 1. The molecule has 0 bridgehead atoms. The Morgan fingerprint density at radius 1 is 1.36 bits per heavy atom. The number of carbonyl (C=O) groups is 1. The molecule has 0 aliphatic heterocycles. The summed E-state index contributed by atoms with van der Waals surface area (Å²) in [5.41, 5.74) is -0.660. The molecule has 1 aromatic carbocycles. The van der Waals surface area contributed by atoms with E-state index in [1.54, 1.807) is 32.1 Å². The van der Waals surface area contributed by atoms with Gasteiger partial charge in [0, 0.05) is 29.5 Å². The normalized spacial score (nSPS) is 13.7. The lowest BCUT2D eigenvalue weighted by molar-refractivity contribution is -0.157. The number of carbonyl (C=O) groups excluding carboxylic acids is 1. The minimum atomic E-state index is -1.31. The number of aliphatic hydroxyl groups is 1. The Bertz CT molecular complexity index is 870. The zero-order valence-electron chi connectivity index (χ0n) is 14.7. The van der Waals surface area contributed by atoms with Crippen molar-refractivity contribution in [3.8, 4) is 5.75 Å². The fraction of sp³-hybridized carbons (Fsp3) is 0.368. The molecule has 25 heavy (non-hydrogen) atoms. The zero-order chi connectivity index (χ0) is 18.8. The smallest absolute Gasteiger partial charge is 0.336 e. The summed E-state index contributed by atoms with van der Waals surface area (Å²) in [4.78, 5) is 23.3. The van der Waals surface area contributed by atoms with Gasteiger partial charge in [0.25, 0.3) is 0 Å². The molecule has 1 aromatic heterocycles. The molecule has 0 aliphatic rings. The number of rotatable bonds is 5. The van der Waals surface area contributed by atoms with E-state index in [0.29, 0.717) is 16.5 Å². The lowest BCUT2D eigenvalue weighted by atomic mass is 9.94. The summed E-state index contributed by atoms with van der Waals surface area (Å²) >= 11 is 0. The highest BCUT2D eigenvalue weighted by atomic mass is 16.6. The SMILES string of the molecule is C/C=C(/C)C(=O)O[C@H](Cc1cc2ccc(=O)oc2cc1O)C(C)(C)O. The minimum Gasteiger partial charge on any atom is -0.508 e. The maximum absolute atomic E-state index is 12.0. The summed E-state index contributed by atoms with van der Waals surface area (Å²) in [7, 11) is 0. The first-order valence-electron chi connectivity index (χ1n) is 7.94. The van der Waals surface area contributed by atoms with Crippen molar-refractivity contribution in [1.82, 2.24) is 0 Å². The summed E-state index contributed by atoms with van der Waals surface area (Å²) in [5, 5.41) is 21.2. The molecule has 0 fully saturated rings. The topological polar surface area (TPSA) is 97.0 Å². The fourth-order valence-electron chi connectivity index (χ4n) is 2.29. The molecule has 2 N–H and O–H groups in total. The summed E-state index contributed by atoms with van der Waals surface area (Å²) in [6.45, 7) is 6.41. The van der Waals surface area contributed by atoms with Crippen molar-refractivity contribution in [3.63, 3.8) is 0 Å². The highest BCUT2D eigenvalue weighted by Gasteiger charge is 2.32. The Balaban J connectivity index is 2.37. The van der Waals surface area contributed by atoms with E-state index in [0.717, 1.165) is 0 Å². The van der Waals surface area contributed by atoms with Crippen LogP contribution in [0.3, 0.4) is 0 Å². The number of hydrogen-bond acceptors (Lipinski definition) is 6. The maximum atomic E-state index is 12.0. The molecule has 0 spiro atoms. The van der Waals surface area contributed by atoms with Gasteiger partial charge < -0.3 is 19.4 Å². The Labute approximate surface area is 145 Å². The van der Waals surface area contributed by atoms with Crippen molar-refractivity contribution in [2.24, 2.45) is 0 Å². The molecule has 2 rings (SSSR count). The van der Waals surface area contributed by atoms with Crippen molar-refractivity contribution in [2.75, 3.05) is 0 Å². The number of allylic oxidation sites excluding steroid dienone is 1. The molecule has 2 aromatic rings. The molecule has 0 radical (unpaired) electrons. The minimum absolute atomic E-state index is 0.102. The second-order valence-electron chi connectivity index (χ2n) is 6.50. The Kier molecular flexibility index (Phi) is 5.33. The lowest BCUT2D eigenvalue weighted by Gasteiger charge is -2.29. The number of esters is 1. The molecule has 0 unspecified atom stereocenters. The van der Waals surface area contributed by atoms with E-state index >= 15 is 0 Å². The van der Waals surface area contributed by atoms with E-state index < -0.39 is 23.3 Å². The van der Waals surface area contributed by atoms with Gasteiger partial charge in [0.1, 0.15) is 17.4 Å². The predicted octanol–water partition coefficient (Wildman–Crippen LogP) is 2.69. The van der Waals surface area contributed by atoms with Crippen molar-refractivity contribution in [2.45, 2.75) is 45.8 Å². The lowest BCUT2D eigenvalue weighted by Crippen LogP contribution is -2.41. The second-order valence-corrected chi connectivity index (χ2v) is 6.50. The van der Waals surface area contributed by atoms with E-state index in [2.05, 4.69) is 0 Å². The van der Waals surface area contributed by atoms with Gasteiger partial charge in [-0.1, -0.05) is 6.08 Å². The fourth-order valence-corrected chi connectivity index (χ4v) is 2.29. The number of ether oxygens (including phenoxy) is 1. The molecule has 0 aliphatic carbocycles. The van der Waals surface area contributed by atoms with Crippen LogP contribution in [0.1, 0.15) is 33.3 Å². The summed E-state index contributed by atoms with van der Waals surface area (Å²) in [6, 6.07) is 5.85. The number of aromatic hydroxyl groups is 1. The van der Waals surface area contributed by atoms with Gasteiger partial charge in [-0.05, 0) is 45.4 Å². The molecule has 6 heteroatoms. The number of phenols is 1. The van der Waals surface area contributed by atoms with Crippen molar-refractivity contribution in [3.05, 3.63) is 51.9 Å². The summed E-state index contributed by atoms with van der Waals surface area (Å²) in [6.07, 6.45) is 0.862. The Hall–Kier alpha value is -2.60. The quantitative estimate of drug-likeness (QED) is 0.491. The third kappa shape index (κ3) is 4.48. The molecule has 134 valence electrons. The third-order valence-electron chi connectivity index (χ3n) is 4.02. The van der Waals surface area contributed by atoms with Crippen LogP contribution in [0, 0.1) is 0 Å². The first-order chi connectivity index (χ1) is 11.6. The van der Waals surface area contributed by atoms with Crippen LogP contribution in [-0.2, 0) is 16.0 Å². The molecule has 0 saturated heterocycles. The van der Waals surface area contributed by atoms with E-state index in [-0.39, 0.29) is 17.8 Å². The van der Waals surface area contributed by atoms with Gasteiger partial charge in [-0.3, -0.25) is 0 Å². The molecule has 0 amide bonds. The molecular formula is C19H22O6. The van der Waals surface area contributed by atoms with Gasteiger partial charge in [0.15, 0.2) is 0 Å². The van der Waals surface area contributed by atoms with Crippen LogP contribution in [0.4, 0.5) is 0 Å². The molecule has 0 saturated carbocycles. The van der Waals surface area contributed by atoms with E-state index in [1.807, 2.05) is 0 Å². The average Bonchev–Trinajstić information content (AvgIpc) is 2.53. The van der Waals surface area contributed by atoms with Crippen LogP contribution in [0.25, 0.3) is 11.0 Å². The van der Waals surface area contributed by atoms with Gasteiger partial charge in [0.2, 0.25) is 0 Å². The maximum Gasteiger partial charge on any atom is 0.336 e. The summed E-state index contributed by atoms with van der Waals surface area (Å²) < 4.78 is 10.4. The van der Waals surface area contributed by atoms with Crippen LogP contribution in [0.15, 0.2) is 45.1 Å². The van der Waals surface area contributed by atoms with Gasteiger partial charge in [-0.2, -0.15) is 0 Å². The molecule has 6 nitrogen and oxygen atoms in total. The standard InChI is InChI=1S/C19H22O6/c1-5-11(2)18(22)25-16(19(3,4)23)9-13-8-12-6-7-17(21)24-15(12)10-14(13)20/h5-8,10,16,20,23H,9H2,1-4H3/b11-5-/t16-/m1/s1. The number of fused-ring (bicyclic) bond motifs is 1. The number of hydrogen-bond donors (Lipinski definition) is 2. The monoisotopic (exact) mass is 346 g/mol. The zero-order valence-corrected chi connectivity index (χ0v) is 14.7. The van der Waals surface area contributed by atoms with Gasteiger partial charge in [-0.25, -0.2) is 9.59 Å². The second kappa shape index (κ2) is 7.11. The Morgan fingerprint density at radius 2 is 2.04 bits per heavy atom. The Morgan fingerprint density at radius 3 is 2.64 bits per heavy atom. The van der Waals surface area contributed by atoms with Gasteiger partial charge >= 0.3 is 11.6 Å². The van der Waals surface area contributed by atoms with E-state index in [1.165, 1.54) is 26.0 Å². The van der Waals surface area contributed by atoms with Crippen molar-refractivity contribution >= 4 is 16.9 Å². The van der Waals surface area contributed by atoms with Crippen LogP contribution >= 0.6 is 0 Å². The predicted molar refractivity (Wildman–Crippen MR) is 93.5 cm³/mol. The van der Waals surface area contributed by atoms with Crippen LogP contribution in [0.5, 0.6) is 5.75 Å². The van der Waals surface area contributed by atoms with Crippen LogP contribution in [0.2, 0.25) is 0 Å². The van der Waals surface area contributed by atoms with Crippen molar-refractivity contribution in [1.29, 1.82) is 0 Å². The number of benzene rings is 1. The molecule has 1 heterocycles. The first-order valence-corrected chi connectivity index (χ1v) is 7.94. The largest absolute Gasteiger partial charge is 0.508 e. The first kappa shape index (κ1) is 18.7.